The van der Waals surface area contributed by atoms with E-state index in [-0.39, 0.29) is 4.90 Å². The minimum Gasteiger partial charge on any atom is -0.318 e. The number of sulfonamides is 1. The molecule has 0 aliphatic carbocycles. The third kappa shape index (κ3) is 5.86. The molecule has 0 saturated carbocycles. The molecule has 0 unspecified atom stereocenters. The second-order valence-electron chi connectivity index (χ2n) is 9.46. The third-order valence-corrected chi connectivity index (χ3v) is 8.06. The van der Waals surface area contributed by atoms with Crippen molar-refractivity contribution >= 4 is 27.8 Å². The molecule has 4 rings (SSSR count). The topological polar surface area (TPSA) is 83.8 Å². The fourth-order valence-electron chi connectivity index (χ4n) is 4.48. The first kappa shape index (κ1) is 26.9. The van der Waals surface area contributed by atoms with Crippen molar-refractivity contribution in [2.45, 2.75) is 39.5 Å². The number of carbonyl (C=O) groups is 1. The van der Waals surface area contributed by atoms with Crippen molar-refractivity contribution in [1.29, 1.82) is 0 Å². The Morgan fingerprint density at radius 1 is 0.868 bits per heavy atom. The van der Waals surface area contributed by atoms with E-state index in [4.69, 9.17) is 0 Å². The summed E-state index contributed by atoms with van der Waals surface area (Å²) in [6.45, 7) is 9.41. The fraction of sp³-hybridized carbons (Fsp3) is 0.200. The Kier molecular flexibility index (Phi) is 7.83. The smallest absolute Gasteiger partial charge is 0.264 e. The van der Waals surface area contributed by atoms with Crippen LogP contribution < -0.4 is 9.73 Å². The van der Waals surface area contributed by atoms with Gasteiger partial charge in [-0.05, 0) is 88.2 Å². The largest absolute Gasteiger partial charge is 0.318 e. The van der Waals surface area contributed by atoms with Gasteiger partial charge in [0.25, 0.3) is 15.9 Å². The van der Waals surface area contributed by atoms with E-state index < -0.39 is 22.5 Å². The highest BCUT2D eigenvalue weighted by Crippen LogP contribution is 2.26. The van der Waals surface area contributed by atoms with Crippen LogP contribution in [0.3, 0.4) is 0 Å². The zero-order valence-electron chi connectivity index (χ0n) is 22.3. The van der Waals surface area contributed by atoms with E-state index >= 15 is 0 Å². The fourth-order valence-corrected chi connectivity index (χ4v) is 5.90. The molecular weight excluding hydrogens is 496 g/mol. The molecule has 0 fully saturated rings. The predicted octanol–water partition coefficient (Wildman–Crippen LogP) is 5.37. The number of aromatic nitrogens is 1. The summed E-state index contributed by atoms with van der Waals surface area (Å²) in [5.41, 5.74) is 9.82. The van der Waals surface area contributed by atoms with Crippen LogP contribution in [0.1, 0.15) is 33.6 Å². The molecule has 38 heavy (non-hydrogen) atoms. The SMILES string of the molecule is Cc1ccc(-n2c(C)cc(/C=N\NC(=O)CN(c3cc(C)cc(C)c3)S(=O)(=O)c3ccccc3)c2C)cc1. The average molecular weight is 529 g/mol. The van der Waals surface area contributed by atoms with E-state index in [1.165, 1.54) is 17.7 Å². The average Bonchev–Trinajstić information content (AvgIpc) is 3.15. The van der Waals surface area contributed by atoms with Gasteiger partial charge in [-0.15, -0.1) is 0 Å². The molecule has 0 radical (unpaired) electrons. The summed E-state index contributed by atoms with van der Waals surface area (Å²) in [7, 11) is -3.99. The molecule has 0 aliphatic rings. The standard InChI is InChI=1S/C30H32N4O3S/c1-21-11-13-27(14-12-21)34-24(4)18-26(25(34)5)19-31-32-30(35)20-33(28-16-22(2)15-23(3)17-28)38(36,37)29-9-7-6-8-10-29/h6-19H,20H2,1-5H3,(H,32,35)/b31-19-. The van der Waals surface area contributed by atoms with Gasteiger partial charge in [-0.3, -0.25) is 9.10 Å². The quantitative estimate of drug-likeness (QED) is 0.247. The van der Waals surface area contributed by atoms with Crippen molar-refractivity contribution in [2.75, 3.05) is 10.8 Å². The molecule has 0 bridgehead atoms. The summed E-state index contributed by atoms with van der Waals surface area (Å²) >= 11 is 0. The first-order chi connectivity index (χ1) is 18.1. The number of nitrogens with zero attached hydrogens (tertiary/aromatic N) is 3. The molecule has 0 aliphatic heterocycles. The van der Waals surface area contributed by atoms with Gasteiger partial charge in [-0.2, -0.15) is 5.10 Å². The van der Waals surface area contributed by atoms with Crippen LogP contribution in [-0.2, 0) is 14.8 Å². The van der Waals surface area contributed by atoms with Gasteiger partial charge in [0.15, 0.2) is 0 Å². The molecule has 1 heterocycles. The van der Waals surface area contributed by atoms with Gasteiger partial charge in [0.05, 0.1) is 16.8 Å². The van der Waals surface area contributed by atoms with Crippen molar-refractivity contribution in [3.8, 4) is 5.69 Å². The van der Waals surface area contributed by atoms with E-state index in [9.17, 15) is 13.2 Å². The van der Waals surface area contributed by atoms with Crippen LogP contribution in [0.25, 0.3) is 5.69 Å². The van der Waals surface area contributed by atoms with Gasteiger partial charge in [-0.1, -0.05) is 42.0 Å². The minimum absolute atomic E-state index is 0.110. The van der Waals surface area contributed by atoms with Gasteiger partial charge in [0, 0.05) is 22.6 Å². The summed E-state index contributed by atoms with van der Waals surface area (Å²) in [5.74, 6) is -0.549. The molecule has 8 heteroatoms. The number of hydrazone groups is 1. The lowest BCUT2D eigenvalue weighted by molar-refractivity contribution is -0.119. The number of anilines is 1. The van der Waals surface area contributed by atoms with E-state index in [0.29, 0.717) is 5.69 Å². The number of rotatable bonds is 8. The second-order valence-corrected chi connectivity index (χ2v) is 11.3. The number of hydrogen-bond donors (Lipinski definition) is 1. The third-order valence-electron chi connectivity index (χ3n) is 6.27. The maximum absolute atomic E-state index is 13.5. The summed E-state index contributed by atoms with van der Waals surface area (Å²) in [4.78, 5) is 13.0. The van der Waals surface area contributed by atoms with Crippen molar-refractivity contribution in [1.82, 2.24) is 9.99 Å². The molecule has 7 nitrogen and oxygen atoms in total. The number of benzene rings is 3. The van der Waals surface area contributed by atoms with E-state index in [1.807, 2.05) is 46.8 Å². The maximum Gasteiger partial charge on any atom is 0.264 e. The van der Waals surface area contributed by atoms with Gasteiger partial charge >= 0.3 is 0 Å². The first-order valence-electron chi connectivity index (χ1n) is 12.3. The highest BCUT2D eigenvalue weighted by molar-refractivity contribution is 7.92. The van der Waals surface area contributed by atoms with Gasteiger partial charge < -0.3 is 4.57 Å². The van der Waals surface area contributed by atoms with Crippen LogP contribution in [-0.4, -0.2) is 31.7 Å². The number of hydrogen-bond acceptors (Lipinski definition) is 4. The first-order valence-corrected chi connectivity index (χ1v) is 13.7. The van der Waals surface area contributed by atoms with E-state index in [2.05, 4.69) is 39.4 Å². The van der Waals surface area contributed by atoms with E-state index in [1.54, 1.807) is 36.5 Å². The summed E-state index contributed by atoms with van der Waals surface area (Å²) in [6.07, 6.45) is 1.58. The Labute approximate surface area is 224 Å². The molecule has 4 aromatic rings. The molecule has 1 amide bonds. The van der Waals surface area contributed by atoms with Gasteiger partial charge in [0.2, 0.25) is 0 Å². The zero-order chi connectivity index (χ0) is 27.4. The Bertz CT molecular complexity index is 1570. The van der Waals surface area contributed by atoms with Crippen LogP contribution in [0.5, 0.6) is 0 Å². The van der Waals surface area contributed by atoms with Crippen LogP contribution >= 0.6 is 0 Å². The Morgan fingerprint density at radius 2 is 1.50 bits per heavy atom. The maximum atomic E-state index is 13.5. The highest BCUT2D eigenvalue weighted by atomic mass is 32.2. The van der Waals surface area contributed by atoms with Crippen LogP contribution in [0, 0.1) is 34.6 Å². The lowest BCUT2D eigenvalue weighted by Gasteiger charge is -2.24. The normalized spacial score (nSPS) is 11.6. The molecule has 0 saturated heterocycles. The van der Waals surface area contributed by atoms with E-state index in [0.717, 1.165) is 38.1 Å². The molecule has 3 aromatic carbocycles. The van der Waals surface area contributed by atoms with Crippen molar-refractivity contribution in [3.05, 3.63) is 113 Å². The number of amides is 1. The highest BCUT2D eigenvalue weighted by Gasteiger charge is 2.27. The van der Waals surface area contributed by atoms with Crippen LogP contribution in [0.15, 0.2) is 88.9 Å². The second kappa shape index (κ2) is 11.1. The Hall–Kier alpha value is -4.17. The lowest BCUT2D eigenvalue weighted by Crippen LogP contribution is -2.39. The molecule has 1 aromatic heterocycles. The van der Waals surface area contributed by atoms with Gasteiger partial charge in [-0.25, -0.2) is 13.8 Å². The molecule has 0 spiro atoms. The van der Waals surface area contributed by atoms with Crippen LogP contribution in [0.2, 0.25) is 0 Å². The predicted molar refractivity (Wildman–Crippen MR) is 153 cm³/mol. The monoisotopic (exact) mass is 528 g/mol. The number of carbonyl (C=O) groups excluding carboxylic acids is 1. The van der Waals surface area contributed by atoms with Crippen molar-refractivity contribution in [2.24, 2.45) is 5.10 Å². The Morgan fingerprint density at radius 3 is 2.13 bits per heavy atom. The minimum atomic E-state index is -3.99. The summed E-state index contributed by atoms with van der Waals surface area (Å²) in [5, 5.41) is 4.14. The molecule has 0 atom stereocenters. The zero-order valence-corrected chi connectivity index (χ0v) is 23.1. The lowest BCUT2D eigenvalue weighted by atomic mass is 10.1. The van der Waals surface area contributed by atoms with Crippen molar-refractivity contribution in [3.63, 3.8) is 0 Å². The van der Waals surface area contributed by atoms with Crippen LogP contribution in [0.4, 0.5) is 5.69 Å². The molecule has 196 valence electrons. The number of nitrogens with one attached hydrogen (secondary N) is 1. The van der Waals surface area contributed by atoms with Crippen molar-refractivity contribution < 1.29 is 13.2 Å². The summed E-state index contributed by atoms with van der Waals surface area (Å²) < 4.78 is 30.3. The van der Waals surface area contributed by atoms with Gasteiger partial charge in [0.1, 0.15) is 6.54 Å². The summed E-state index contributed by atoms with van der Waals surface area (Å²) in [6, 6.07) is 23.8. The Balaban J connectivity index is 1.56. The molecule has 1 N–H and O–H groups in total. The number of aryl methyl sites for hydroxylation is 4. The molecular formula is C30H32N4O3S.